The lowest BCUT2D eigenvalue weighted by molar-refractivity contribution is -0.139. The molecule has 0 aromatic heterocycles. The second-order valence-electron chi connectivity index (χ2n) is 9.52. The van der Waals surface area contributed by atoms with Crippen molar-refractivity contribution in [2.45, 2.75) is 32.9 Å². The third kappa shape index (κ3) is 5.67. The highest BCUT2D eigenvalue weighted by Gasteiger charge is 2.38. The highest BCUT2D eigenvalue weighted by Crippen LogP contribution is 2.32. The van der Waals surface area contributed by atoms with Crippen molar-refractivity contribution in [2.24, 2.45) is 0 Å². The Balaban J connectivity index is 1.59. The van der Waals surface area contributed by atoms with E-state index in [1.165, 1.54) is 17.0 Å². The number of ether oxygens (including phenoxy) is 1. The predicted octanol–water partition coefficient (Wildman–Crippen LogP) is 3.49. The third-order valence-corrected chi connectivity index (χ3v) is 6.92. The summed E-state index contributed by atoms with van der Waals surface area (Å²) in [5.74, 6) is -0.944. The number of carbonyl (C=O) groups excluding carboxylic acids is 3. The molecule has 3 amide bonds. The van der Waals surface area contributed by atoms with Gasteiger partial charge in [0.2, 0.25) is 0 Å². The molecule has 196 valence electrons. The topological polar surface area (TPSA) is 82.2 Å². The highest BCUT2D eigenvalue weighted by atomic mass is 19.1. The molecule has 2 heterocycles. The van der Waals surface area contributed by atoms with Crippen molar-refractivity contribution in [1.82, 2.24) is 20.0 Å². The van der Waals surface area contributed by atoms with E-state index in [1.54, 1.807) is 26.1 Å². The predicted molar refractivity (Wildman–Crippen MR) is 137 cm³/mol. The number of urea groups is 1. The number of nitrogens with one attached hydrogen (secondary N) is 1. The van der Waals surface area contributed by atoms with Gasteiger partial charge in [-0.05, 0) is 50.6 Å². The van der Waals surface area contributed by atoms with E-state index in [4.69, 9.17) is 4.74 Å². The van der Waals surface area contributed by atoms with Crippen molar-refractivity contribution in [3.05, 3.63) is 82.3 Å². The first-order chi connectivity index (χ1) is 17.7. The Kier molecular flexibility index (Phi) is 7.92. The van der Waals surface area contributed by atoms with E-state index in [0.717, 1.165) is 5.56 Å². The lowest BCUT2D eigenvalue weighted by Crippen LogP contribution is -2.56. The van der Waals surface area contributed by atoms with Crippen LogP contribution in [0.2, 0.25) is 0 Å². The number of halogens is 1. The highest BCUT2D eigenvalue weighted by molar-refractivity contribution is 5.95. The van der Waals surface area contributed by atoms with Gasteiger partial charge in [0.1, 0.15) is 5.82 Å². The molecule has 1 N–H and O–H groups in total. The largest absolute Gasteiger partial charge is 0.463 e. The molecule has 9 heteroatoms. The number of carbonyl (C=O) groups is 3. The van der Waals surface area contributed by atoms with Crippen LogP contribution in [0.4, 0.5) is 9.18 Å². The molecule has 8 nitrogen and oxygen atoms in total. The maximum absolute atomic E-state index is 13.6. The van der Waals surface area contributed by atoms with Gasteiger partial charge in [0, 0.05) is 50.5 Å². The molecular formula is C28H33FN4O4. The molecule has 4 rings (SSSR count). The van der Waals surface area contributed by atoms with Gasteiger partial charge in [-0.1, -0.05) is 29.8 Å². The Bertz CT molecular complexity index is 1200. The van der Waals surface area contributed by atoms with Crippen molar-refractivity contribution >= 4 is 17.9 Å². The normalized spacial score (nSPS) is 20.6. The van der Waals surface area contributed by atoms with Gasteiger partial charge < -0.3 is 15.0 Å². The Morgan fingerprint density at radius 1 is 1.08 bits per heavy atom. The van der Waals surface area contributed by atoms with Crippen LogP contribution in [0.5, 0.6) is 0 Å². The zero-order chi connectivity index (χ0) is 26.7. The summed E-state index contributed by atoms with van der Waals surface area (Å²) in [6.45, 7) is 7.89. The summed E-state index contributed by atoms with van der Waals surface area (Å²) in [5.41, 5.74) is 3.19. The van der Waals surface area contributed by atoms with Gasteiger partial charge in [0.05, 0.1) is 18.2 Å². The Morgan fingerprint density at radius 3 is 2.38 bits per heavy atom. The SMILES string of the molecule is CCOC(=O)C1=C(CN2CCN(C(=O)c3ccc(C)cc3)[C@@H](C)C2)N(C)C(=O)N[C@@H]1c1ccc(F)cc1. The Hall–Kier alpha value is -3.72. The number of benzene rings is 2. The molecule has 2 atom stereocenters. The number of aryl methyl sites for hydroxylation is 1. The zero-order valence-electron chi connectivity index (χ0n) is 21.7. The van der Waals surface area contributed by atoms with Gasteiger partial charge in [-0.3, -0.25) is 14.6 Å². The van der Waals surface area contributed by atoms with Crippen LogP contribution in [-0.2, 0) is 9.53 Å². The first-order valence-electron chi connectivity index (χ1n) is 12.5. The second-order valence-corrected chi connectivity index (χ2v) is 9.52. The molecule has 1 saturated heterocycles. The molecule has 0 radical (unpaired) electrons. The van der Waals surface area contributed by atoms with Crippen LogP contribution in [0.25, 0.3) is 0 Å². The summed E-state index contributed by atoms with van der Waals surface area (Å²) in [7, 11) is 1.62. The minimum atomic E-state index is -0.764. The minimum Gasteiger partial charge on any atom is -0.463 e. The van der Waals surface area contributed by atoms with Crippen molar-refractivity contribution in [1.29, 1.82) is 0 Å². The summed E-state index contributed by atoms with van der Waals surface area (Å²) in [4.78, 5) is 44.6. The summed E-state index contributed by atoms with van der Waals surface area (Å²) < 4.78 is 18.9. The van der Waals surface area contributed by atoms with Crippen molar-refractivity contribution in [3.63, 3.8) is 0 Å². The van der Waals surface area contributed by atoms with Crippen molar-refractivity contribution < 1.29 is 23.5 Å². The molecule has 2 aromatic rings. The molecular weight excluding hydrogens is 475 g/mol. The molecule has 2 aliphatic rings. The molecule has 0 aliphatic carbocycles. The summed E-state index contributed by atoms with van der Waals surface area (Å²) >= 11 is 0. The van der Waals surface area contributed by atoms with E-state index in [2.05, 4.69) is 10.2 Å². The first kappa shape index (κ1) is 26.3. The van der Waals surface area contributed by atoms with Crippen LogP contribution >= 0.6 is 0 Å². The van der Waals surface area contributed by atoms with Crippen LogP contribution in [0, 0.1) is 12.7 Å². The maximum atomic E-state index is 13.6. The quantitative estimate of drug-likeness (QED) is 0.604. The molecule has 2 aliphatic heterocycles. The maximum Gasteiger partial charge on any atom is 0.338 e. The molecule has 0 saturated carbocycles. The van der Waals surface area contributed by atoms with E-state index in [0.29, 0.717) is 48.6 Å². The molecule has 1 fully saturated rings. The van der Waals surface area contributed by atoms with Crippen LogP contribution in [0.1, 0.15) is 41.4 Å². The summed E-state index contributed by atoms with van der Waals surface area (Å²) in [5, 5.41) is 2.85. The van der Waals surface area contributed by atoms with E-state index in [-0.39, 0.29) is 24.6 Å². The van der Waals surface area contributed by atoms with Gasteiger partial charge >= 0.3 is 12.0 Å². The number of esters is 1. The van der Waals surface area contributed by atoms with Crippen LogP contribution in [-0.4, -0.2) is 78.5 Å². The lowest BCUT2D eigenvalue weighted by Gasteiger charge is -2.42. The average Bonchev–Trinajstić information content (AvgIpc) is 2.87. The fourth-order valence-corrected chi connectivity index (χ4v) is 4.86. The smallest absolute Gasteiger partial charge is 0.338 e. The van der Waals surface area contributed by atoms with Gasteiger partial charge in [-0.15, -0.1) is 0 Å². The molecule has 0 spiro atoms. The number of piperazine rings is 1. The van der Waals surface area contributed by atoms with Gasteiger partial charge in [0.15, 0.2) is 0 Å². The fraction of sp³-hybridized carbons (Fsp3) is 0.393. The number of likely N-dealkylation sites (N-methyl/N-ethyl adjacent to an activating group) is 1. The monoisotopic (exact) mass is 508 g/mol. The Morgan fingerprint density at radius 2 is 1.76 bits per heavy atom. The zero-order valence-corrected chi connectivity index (χ0v) is 21.7. The molecule has 37 heavy (non-hydrogen) atoms. The number of nitrogens with zero attached hydrogens (tertiary/aromatic N) is 3. The van der Waals surface area contributed by atoms with Gasteiger partial charge in [0.25, 0.3) is 5.91 Å². The van der Waals surface area contributed by atoms with Crippen LogP contribution in [0.15, 0.2) is 59.8 Å². The standard InChI is InChI=1S/C28H33FN4O4/c1-5-37-27(35)24-23(31(4)28(36)30-25(24)20-10-12-22(29)13-11-20)17-32-14-15-33(19(3)16-32)26(34)21-8-6-18(2)7-9-21/h6-13,19,25H,5,14-17H2,1-4H3,(H,30,36)/t19-,25+/m0/s1. The number of hydrogen-bond donors (Lipinski definition) is 1. The summed E-state index contributed by atoms with van der Waals surface area (Å²) in [6.07, 6.45) is 0. The number of rotatable bonds is 6. The Labute approximate surface area is 216 Å². The van der Waals surface area contributed by atoms with E-state index >= 15 is 0 Å². The van der Waals surface area contributed by atoms with Crippen molar-refractivity contribution in [2.75, 3.05) is 39.8 Å². The third-order valence-electron chi connectivity index (χ3n) is 6.92. The van der Waals surface area contributed by atoms with Gasteiger partial charge in [-0.25, -0.2) is 14.0 Å². The van der Waals surface area contributed by atoms with E-state index in [9.17, 15) is 18.8 Å². The van der Waals surface area contributed by atoms with Crippen LogP contribution < -0.4 is 5.32 Å². The molecule has 0 bridgehead atoms. The number of hydrogen-bond acceptors (Lipinski definition) is 5. The number of amides is 3. The molecule has 2 aromatic carbocycles. The van der Waals surface area contributed by atoms with E-state index < -0.39 is 17.8 Å². The average molecular weight is 509 g/mol. The molecule has 0 unspecified atom stereocenters. The second kappa shape index (κ2) is 11.1. The first-order valence-corrected chi connectivity index (χ1v) is 12.5. The lowest BCUT2D eigenvalue weighted by atomic mass is 9.94. The summed E-state index contributed by atoms with van der Waals surface area (Å²) in [6, 6.07) is 12.1. The van der Waals surface area contributed by atoms with E-state index in [1.807, 2.05) is 43.0 Å². The van der Waals surface area contributed by atoms with Crippen molar-refractivity contribution in [3.8, 4) is 0 Å². The fourth-order valence-electron chi connectivity index (χ4n) is 4.86. The minimum absolute atomic E-state index is 0.0101. The van der Waals surface area contributed by atoms with Crippen LogP contribution in [0.3, 0.4) is 0 Å². The van der Waals surface area contributed by atoms with Gasteiger partial charge in [-0.2, -0.15) is 0 Å².